The Balaban J connectivity index is 1.18. The van der Waals surface area contributed by atoms with Crippen LogP contribution in [0.2, 0.25) is 0 Å². The van der Waals surface area contributed by atoms with Crippen LogP contribution in [0.3, 0.4) is 0 Å². The van der Waals surface area contributed by atoms with Gasteiger partial charge in [-0.3, -0.25) is 4.79 Å². The first kappa shape index (κ1) is 29.8. The molecular formula is C31H30F5N3O6. The molecule has 2 aromatic heterocycles. The van der Waals surface area contributed by atoms with Gasteiger partial charge in [0, 0.05) is 17.8 Å². The topological polar surface area (TPSA) is 105 Å². The zero-order valence-corrected chi connectivity index (χ0v) is 24.2. The lowest BCUT2D eigenvalue weighted by Gasteiger charge is -2.52. The molecule has 2 bridgehead atoms. The molecule has 14 heteroatoms. The number of fused-ring (bicyclic) bond motifs is 5. The van der Waals surface area contributed by atoms with Gasteiger partial charge in [-0.2, -0.15) is 18.3 Å². The third-order valence-corrected chi connectivity index (χ3v) is 9.67. The Kier molecular flexibility index (Phi) is 6.81. The predicted octanol–water partition coefficient (Wildman–Crippen LogP) is 7.32. The van der Waals surface area contributed by atoms with E-state index < -0.39 is 47.4 Å². The van der Waals surface area contributed by atoms with Crippen LogP contribution in [0.25, 0.3) is 5.69 Å². The average molecular weight is 636 g/mol. The SMILES string of the molecule is C[C@H](Oc1cc(-n2nc(C(F)(F)F)c3c2[C@@H](OC24CCC(C(=O)O)(CC2)CC4)CCC3)ccn1)c1ccc2c(c1)OC(F)(F)O2. The number of carboxylic acids is 1. The number of carboxylic acid groups (broad SMARTS) is 1. The molecule has 5 aliphatic rings. The van der Waals surface area contributed by atoms with E-state index in [4.69, 9.17) is 9.47 Å². The number of hydrogen-bond donors (Lipinski definition) is 1. The fourth-order valence-electron chi connectivity index (χ4n) is 7.19. The van der Waals surface area contributed by atoms with Crippen molar-refractivity contribution in [3.8, 4) is 23.1 Å². The van der Waals surface area contributed by atoms with E-state index >= 15 is 0 Å². The molecule has 3 aromatic rings. The third kappa shape index (κ3) is 5.26. The van der Waals surface area contributed by atoms with E-state index in [0.29, 0.717) is 62.6 Å². The van der Waals surface area contributed by atoms with E-state index in [9.17, 15) is 31.9 Å². The number of ether oxygens (including phenoxy) is 4. The smallest absolute Gasteiger partial charge is 0.481 e. The number of pyridine rings is 1. The molecule has 3 fully saturated rings. The molecule has 3 heterocycles. The van der Waals surface area contributed by atoms with Gasteiger partial charge >= 0.3 is 18.4 Å². The molecule has 0 radical (unpaired) electrons. The number of benzene rings is 1. The number of alkyl halides is 5. The second-order valence-electron chi connectivity index (χ2n) is 12.4. The second kappa shape index (κ2) is 10.3. The molecule has 0 unspecified atom stereocenters. The Morgan fingerprint density at radius 2 is 1.78 bits per heavy atom. The summed E-state index contributed by atoms with van der Waals surface area (Å²) < 4.78 is 92.6. The van der Waals surface area contributed by atoms with Crippen LogP contribution in [0.5, 0.6) is 17.4 Å². The maximum Gasteiger partial charge on any atom is 0.586 e. The highest BCUT2D eigenvalue weighted by atomic mass is 19.4. The molecule has 4 aliphatic carbocycles. The first-order valence-corrected chi connectivity index (χ1v) is 14.9. The Morgan fingerprint density at radius 1 is 1.07 bits per heavy atom. The summed E-state index contributed by atoms with van der Waals surface area (Å²) in [5.41, 5.74) is -1.13. The fraction of sp³-hybridized carbons (Fsp3) is 0.516. The van der Waals surface area contributed by atoms with E-state index in [-0.39, 0.29) is 35.1 Å². The van der Waals surface area contributed by atoms with Gasteiger partial charge in [0.1, 0.15) is 12.2 Å². The summed E-state index contributed by atoms with van der Waals surface area (Å²) in [6.45, 7) is 1.66. The van der Waals surface area contributed by atoms with Crippen LogP contribution in [-0.4, -0.2) is 37.7 Å². The molecule has 240 valence electrons. The lowest BCUT2D eigenvalue weighted by molar-refractivity contribution is -0.286. The molecule has 2 atom stereocenters. The molecule has 0 amide bonds. The third-order valence-electron chi connectivity index (χ3n) is 9.67. The summed E-state index contributed by atoms with van der Waals surface area (Å²) in [6, 6.07) is 7.24. The first-order valence-electron chi connectivity index (χ1n) is 14.9. The van der Waals surface area contributed by atoms with Crippen molar-refractivity contribution in [2.45, 2.75) is 95.0 Å². The van der Waals surface area contributed by atoms with Gasteiger partial charge in [-0.15, -0.1) is 8.78 Å². The van der Waals surface area contributed by atoms with Crippen molar-refractivity contribution in [3.05, 3.63) is 59.0 Å². The molecule has 8 rings (SSSR count). The van der Waals surface area contributed by atoms with Gasteiger partial charge in [0.05, 0.1) is 22.4 Å². The number of aliphatic carboxylic acids is 1. The molecule has 1 N–H and O–H groups in total. The minimum Gasteiger partial charge on any atom is -0.481 e. The number of hydrogen-bond acceptors (Lipinski definition) is 7. The maximum absolute atomic E-state index is 14.3. The quantitative estimate of drug-likeness (QED) is 0.270. The average Bonchev–Trinajstić information content (AvgIpc) is 3.55. The first-order chi connectivity index (χ1) is 21.3. The van der Waals surface area contributed by atoms with Crippen molar-refractivity contribution < 1.29 is 50.8 Å². The highest BCUT2D eigenvalue weighted by Gasteiger charge is 2.54. The summed E-state index contributed by atoms with van der Waals surface area (Å²) in [5, 5.41) is 13.8. The summed E-state index contributed by atoms with van der Waals surface area (Å²) >= 11 is 0. The molecule has 1 aliphatic heterocycles. The number of aromatic nitrogens is 3. The van der Waals surface area contributed by atoms with Crippen LogP contribution < -0.4 is 14.2 Å². The van der Waals surface area contributed by atoms with Crippen molar-refractivity contribution in [1.29, 1.82) is 0 Å². The molecule has 0 spiro atoms. The van der Waals surface area contributed by atoms with Gasteiger partial charge in [0.25, 0.3) is 0 Å². The zero-order chi connectivity index (χ0) is 31.8. The standard InChI is InChI=1S/C31H30F5N3O6/c1-17(18-5-6-21-23(15-18)45-31(35,36)44-21)42-24-16-19(7-14-37-24)39-25-20(26(38-39)30(32,33)34)3-2-4-22(25)43-29-11-8-28(9-12-29,10-13-29)27(40)41/h5-7,14-17,22H,2-4,8-13H2,1H3,(H,40,41)/t17-,22-,28?,29?/m0/s1. The number of nitrogens with zero attached hydrogens (tertiary/aromatic N) is 3. The number of rotatable bonds is 7. The Bertz CT molecular complexity index is 1630. The summed E-state index contributed by atoms with van der Waals surface area (Å²) in [5.74, 6) is -0.974. The number of carbonyl (C=O) groups is 1. The van der Waals surface area contributed by atoms with Gasteiger partial charge in [-0.05, 0) is 88.5 Å². The van der Waals surface area contributed by atoms with Gasteiger partial charge in [0.2, 0.25) is 5.88 Å². The van der Waals surface area contributed by atoms with Crippen molar-refractivity contribution in [1.82, 2.24) is 14.8 Å². The Morgan fingerprint density at radius 3 is 2.47 bits per heavy atom. The predicted molar refractivity (Wildman–Crippen MR) is 145 cm³/mol. The van der Waals surface area contributed by atoms with Gasteiger partial charge < -0.3 is 24.1 Å². The second-order valence-corrected chi connectivity index (χ2v) is 12.4. The molecule has 3 saturated carbocycles. The molecule has 1 aromatic carbocycles. The molecule has 45 heavy (non-hydrogen) atoms. The lowest BCUT2D eigenvalue weighted by atomic mass is 9.58. The largest absolute Gasteiger partial charge is 0.586 e. The summed E-state index contributed by atoms with van der Waals surface area (Å²) in [6.07, 6.45) is -4.22. The van der Waals surface area contributed by atoms with Crippen LogP contribution in [0.1, 0.15) is 93.0 Å². The Hall–Kier alpha value is -3.94. The van der Waals surface area contributed by atoms with E-state index in [1.165, 1.54) is 41.2 Å². The maximum atomic E-state index is 14.3. The zero-order valence-electron chi connectivity index (χ0n) is 24.2. The van der Waals surface area contributed by atoms with Gasteiger partial charge in [-0.1, -0.05) is 6.07 Å². The van der Waals surface area contributed by atoms with Gasteiger partial charge in [-0.25, -0.2) is 9.67 Å². The van der Waals surface area contributed by atoms with E-state index in [1.54, 1.807) is 6.92 Å². The fourth-order valence-corrected chi connectivity index (χ4v) is 7.19. The van der Waals surface area contributed by atoms with E-state index in [0.717, 1.165) is 0 Å². The van der Waals surface area contributed by atoms with Crippen LogP contribution in [-0.2, 0) is 22.1 Å². The van der Waals surface area contributed by atoms with Crippen LogP contribution in [0.15, 0.2) is 36.5 Å². The Labute approximate surface area is 254 Å². The normalized spacial score (nSPS) is 27.2. The van der Waals surface area contributed by atoms with E-state index in [1.807, 2.05) is 0 Å². The molecular weight excluding hydrogens is 605 g/mol. The lowest BCUT2D eigenvalue weighted by Crippen LogP contribution is -2.51. The van der Waals surface area contributed by atoms with Gasteiger partial charge in [0.15, 0.2) is 17.2 Å². The summed E-state index contributed by atoms with van der Waals surface area (Å²) in [4.78, 5) is 16.1. The molecule has 0 saturated heterocycles. The van der Waals surface area contributed by atoms with E-state index in [2.05, 4.69) is 19.6 Å². The highest BCUT2D eigenvalue weighted by Crippen LogP contribution is 2.56. The van der Waals surface area contributed by atoms with Crippen molar-refractivity contribution in [3.63, 3.8) is 0 Å². The minimum atomic E-state index is -4.69. The number of halogens is 5. The monoisotopic (exact) mass is 635 g/mol. The van der Waals surface area contributed by atoms with Crippen molar-refractivity contribution in [2.24, 2.45) is 5.41 Å². The van der Waals surface area contributed by atoms with Crippen LogP contribution in [0, 0.1) is 5.41 Å². The van der Waals surface area contributed by atoms with Crippen LogP contribution >= 0.6 is 0 Å². The van der Waals surface area contributed by atoms with Crippen molar-refractivity contribution >= 4 is 5.97 Å². The summed E-state index contributed by atoms with van der Waals surface area (Å²) in [7, 11) is 0. The minimum absolute atomic E-state index is 0.0808. The van der Waals surface area contributed by atoms with Crippen molar-refractivity contribution in [2.75, 3.05) is 0 Å². The van der Waals surface area contributed by atoms with Crippen LogP contribution in [0.4, 0.5) is 22.0 Å². The highest BCUT2D eigenvalue weighted by molar-refractivity contribution is 5.75. The molecule has 9 nitrogen and oxygen atoms in total.